The summed E-state index contributed by atoms with van der Waals surface area (Å²) in [6.07, 6.45) is 4.44. The molecule has 0 aromatic heterocycles. The summed E-state index contributed by atoms with van der Waals surface area (Å²) in [6, 6.07) is 7.64. The molecule has 2 atom stereocenters. The fourth-order valence-corrected chi connectivity index (χ4v) is 3.21. The van der Waals surface area contributed by atoms with Crippen molar-refractivity contribution in [2.45, 2.75) is 31.5 Å². The molecule has 2 fully saturated rings. The second-order valence-corrected chi connectivity index (χ2v) is 6.25. The summed E-state index contributed by atoms with van der Waals surface area (Å²) < 4.78 is 11.6. The topological polar surface area (TPSA) is 47.7 Å². The summed E-state index contributed by atoms with van der Waals surface area (Å²) >= 11 is 4.93. The van der Waals surface area contributed by atoms with E-state index in [2.05, 4.69) is 4.90 Å². The molecule has 21 heavy (non-hydrogen) atoms. The Morgan fingerprint density at radius 1 is 1.24 bits per heavy atom. The maximum Gasteiger partial charge on any atom is 0.119 e. The number of nitrogens with two attached hydrogens (primary N) is 1. The zero-order chi connectivity index (χ0) is 14.7. The van der Waals surface area contributed by atoms with Gasteiger partial charge in [-0.15, -0.1) is 0 Å². The summed E-state index contributed by atoms with van der Waals surface area (Å²) in [5, 5.41) is 0. The highest BCUT2D eigenvalue weighted by Crippen LogP contribution is 2.26. The third-order valence-electron chi connectivity index (χ3n) is 4.15. The van der Waals surface area contributed by atoms with E-state index in [0.717, 1.165) is 44.0 Å². The van der Waals surface area contributed by atoms with Crippen molar-refractivity contribution in [3.05, 3.63) is 29.8 Å². The molecule has 3 rings (SSSR count). The third kappa shape index (κ3) is 3.93. The fourth-order valence-electron chi connectivity index (χ4n) is 3.08. The molecule has 5 heteroatoms. The molecule has 2 aliphatic heterocycles. The van der Waals surface area contributed by atoms with Gasteiger partial charge in [-0.2, -0.15) is 0 Å². The van der Waals surface area contributed by atoms with Gasteiger partial charge in [0.2, 0.25) is 0 Å². The Kier molecular flexibility index (Phi) is 4.73. The molecule has 0 saturated carbocycles. The molecule has 0 radical (unpaired) electrons. The number of ether oxygens (including phenoxy) is 2. The molecular weight excluding hydrogens is 284 g/mol. The van der Waals surface area contributed by atoms with Crippen LogP contribution in [0.1, 0.15) is 24.8 Å². The lowest BCUT2D eigenvalue weighted by molar-refractivity contribution is -0.0391. The predicted octanol–water partition coefficient (Wildman–Crippen LogP) is 1.95. The van der Waals surface area contributed by atoms with Crippen molar-refractivity contribution in [1.82, 2.24) is 4.90 Å². The Hall–Kier alpha value is -1.17. The second kappa shape index (κ2) is 6.73. The number of likely N-dealkylation sites (tertiary alicyclic amines) is 1. The van der Waals surface area contributed by atoms with Gasteiger partial charge < -0.3 is 15.2 Å². The van der Waals surface area contributed by atoms with Gasteiger partial charge >= 0.3 is 0 Å². The minimum absolute atomic E-state index is 0.420. The Labute approximate surface area is 131 Å². The molecule has 2 aliphatic rings. The lowest BCUT2D eigenvalue weighted by Gasteiger charge is -2.31. The SMILES string of the molecule is NC(=S)c1ccc(OCCCN2CC3CCC(C2)O3)cc1. The number of hydrogen-bond donors (Lipinski definition) is 1. The minimum Gasteiger partial charge on any atom is -0.494 e. The van der Waals surface area contributed by atoms with E-state index in [0.29, 0.717) is 17.2 Å². The highest BCUT2D eigenvalue weighted by atomic mass is 32.1. The van der Waals surface area contributed by atoms with Crippen LogP contribution >= 0.6 is 12.2 Å². The van der Waals surface area contributed by atoms with Crippen molar-refractivity contribution in [1.29, 1.82) is 0 Å². The number of benzene rings is 1. The van der Waals surface area contributed by atoms with Gasteiger partial charge in [-0.3, -0.25) is 4.90 Å². The largest absolute Gasteiger partial charge is 0.494 e. The van der Waals surface area contributed by atoms with Gasteiger partial charge in [-0.05, 0) is 43.5 Å². The molecule has 0 spiro atoms. The molecule has 0 aliphatic carbocycles. The Bertz CT molecular complexity index is 480. The van der Waals surface area contributed by atoms with Crippen molar-refractivity contribution >= 4 is 17.2 Å². The standard InChI is InChI=1S/C16H22N2O2S/c17-16(21)12-2-4-13(5-3-12)19-9-1-8-18-10-14-6-7-15(11-18)20-14/h2-5,14-15H,1,6-11H2,(H2,17,21). The number of nitrogens with zero attached hydrogens (tertiary/aromatic N) is 1. The zero-order valence-electron chi connectivity index (χ0n) is 12.2. The van der Waals surface area contributed by atoms with Crippen LogP contribution in [0.2, 0.25) is 0 Å². The predicted molar refractivity (Wildman–Crippen MR) is 86.8 cm³/mol. The van der Waals surface area contributed by atoms with Crippen LogP contribution in [0.25, 0.3) is 0 Å². The van der Waals surface area contributed by atoms with Gasteiger partial charge in [-0.25, -0.2) is 0 Å². The van der Waals surface area contributed by atoms with Crippen LogP contribution in [0, 0.1) is 0 Å². The number of morpholine rings is 1. The van der Waals surface area contributed by atoms with E-state index in [4.69, 9.17) is 27.4 Å². The minimum atomic E-state index is 0.420. The first-order valence-electron chi connectivity index (χ1n) is 7.61. The van der Waals surface area contributed by atoms with Crippen molar-refractivity contribution in [2.24, 2.45) is 5.73 Å². The van der Waals surface area contributed by atoms with E-state index in [1.807, 2.05) is 24.3 Å². The molecule has 4 nitrogen and oxygen atoms in total. The van der Waals surface area contributed by atoms with E-state index < -0.39 is 0 Å². The second-order valence-electron chi connectivity index (χ2n) is 5.81. The summed E-state index contributed by atoms with van der Waals surface area (Å²) in [7, 11) is 0. The lowest BCUT2D eigenvalue weighted by atomic mass is 10.2. The van der Waals surface area contributed by atoms with Gasteiger partial charge in [0, 0.05) is 25.2 Å². The summed E-state index contributed by atoms with van der Waals surface area (Å²) in [5.74, 6) is 0.872. The highest BCUT2D eigenvalue weighted by molar-refractivity contribution is 7.80. The first-order chi connectivity index (χ1) is 10.2. The van der Waals surface area contributed by atoms with Gasteiger partial charge in [-0.1, -0.05) is 12.2 Å². The van der Waals surface area contributed by atoms with E-state index >= 15 is 0 Å². The van der Waals surface area contributed by atoms with Gasteiger partial charge in [0.05, 0.1) is 18.8 Å². The smallest absolute Gasteiger partial charge is 0.119 e. The maximum absolute atomic E-state index is 5.84. The number of rotatable bonds is 6. The molecule has 2 bridgehead atoms. The fraction of sp³-hybridized carbons (Fsp3) is 0.562. The van der Waals surface area contributed by atoms with Crippen molar-refractivity contribution in [3.63, 3.8) is 0 Å². The van der Waals surface area contributed by atoms with Crippen molar-refractivity contribution in [3.8, 4) is 5.75 Å². The number of fused-ring (bicyclic) bond motifs is 2. The monoisotopic (exact) mass is 306 g/mol. The van der Waals surface area contributed by atoms with Crippen LogP contribution in [0.4, 0.5) is 0 Å². The van der Waals surface area contributed by atoms with Crippen LogP contribution in [0.15, 0.2) is 24.3 Å². The molecule has 2 unspecified atom stereocenters. The van der Waals surface area contributed by atoms with Crippen LogP contribution in [0.5, 0.6) is 5.75 Å². The molecular formula is C16H22N2O2S. The summed E-state index contributed by atoms with van der Waals surface area (Å²) in [6.45, 7) is 3.98. The highest BCUT2D eigenvalue weighted by Gasteiger charge is 2.33. The van der Waals surface area contributed by atoms with Crippen molar-refractivity contribution in [2.75, 3.05) is 26.2 Å². The summed E-state index contributed by atoms with van der Waals surface area (Å²) in [5.41, 5.74) is 6.45. The van der Waals surface area contributed by atoms with E-state index in [-0.39, 0.29) is 0 Å². The van der Waals surface area contributed by atoms with Gasteiger partial charge in [0.25, 0.3) is 0 Å². The van der Waals surface area contributed by atoms with E-state index in [9.17, 15) is 0 Å². The first-order valence-corrected chi connectivity index (χ1v) is 8.02. The number of hydrogen-bond acceptors (Lipinski definition) is 4. The summed E-state index contributed by atoms with van der Waals surface area (Å²) in [4.78, 5) is 2.93. The molecule has 1 aromatic carbocycles. The molecule has 2 N–H and O–H groups in total. The van der Waals surface area contributed by atoms with E-state index in [1.54, 1.807) is 0 Å². The zero-order valence-corrected chi connectivity index (χ0v) is 13.0. The van der Waals surface area contributed by atoms with E-state index in [1.165, 1.54) is 12.8 Å². The Morgan fingerprint density at radius 3 is 2.52 bits per heavy atom. The third-order valence-corrected chi connectivity index (χ3v) is 4.38. The molecule has 2 heterocycles. The molecule has 114 valence electrons. The lowest BCUT2D eigenvalue weighted by Crippen LogP contribution is -2.43. The normalized spacial score (nSPS) is 25.0. The molecule has 2 saturated heterocycles. The van der Waals surface area contributed by atoms with Gasteiger partial charge in [0.1, 0.15) is 10.7 Å². The maximum atomic E-state index is 5.84. The quantitative estimate of drug-likeness (QED) is 0.643. The average molecular weight is 306 g/mol. The Balaban J connectivity index is 1.37. The van der Waals surface area contributed by atoms with Crippen LogP contribution < -0.4 is 10.5 Å². The number of thiocarbonyl (C=S) groups is 1. The van der Waals surface area contributed by atoms with Crippen LogP contribution in [-0.4, -0.2) is 48.3 Å². The van der Waals surface area contributed by atoms with Gasteiger partial charge in [0.15, 0.2) is 0 Å². The van der Waals surface area contributed by atoms with Crippen LogP contribution in [0.3, 0.4) is 0 Å². The first kappa shape index (κ1) is 14.8. The Morgan fingerprint density at radius 2 is 1.90 bits per heavy atom. The van der Waals surface area contributed by atoms with Crippen molar-refractivity contribution < 1.29 is 9.47 Å². The van der Waals surface area contributed by atoms with Crippen LogP contribution in [-0.2, 0) is 4.74 Å². The molecule has 0 amide bonds. The average Bonchev–Trinajstić information content (AvgIpc) is 2.83. The molecule has 1 aromatic rings.